The lowest BCUT2D eigenvalue weighted by atomic mass is 10.0. The molecule has 104 valence electrons. The predicted molar refractivity (Wildman–Crippen MR) is 76.2 cm³/mol. The molecule has 0 bridgehead atoms. The number of benzene rings is 2. The molecule has 0 aliphatic heterocycles. The van der Waals surface area contributed by atoms with Crippen LogP contribution in [0, 0.1) is 15.9 Å². The first-order chi connectivity index (χ1) is 9.61. The quantitative estimate of drug-likeness (QED) is 0.653. The summed E-state index contributed by atoms with van der Waals surface area (Å²) in [6, 6.07) is 12.5. The largest absolute Gasteiger partial charge is 0.378 e. The number of nitro benzene ring substituents is 1. The fourth-order valence-corrected chi connectivity index (χ4v) is 2.04. The van der Waals surface area contributed by atoms with Gasteiger partial charge in [0, 0.05) is 23.4 Å². The second-order valence-corrected chi connectivity index (χ2v) is 4.43. The van der Waals surface area contributed by atoms with Crippen molar-refractivity contribution < 1.29 is 9.31 Å². The maximum Gasteiger partial charge on any atom is 0.269 e. The van der Waals surface area contributed by atoms with Crippen molar-refractivity contribution >= 4 is 11.4 Å². The summed E-state index contributed by atoms with van der Waals surface area (Å²) in [4.78, 5) is 10.1. The van der Waals surface area contributed by atoms with Crippen LogP contribution in [0.5, 0.6) is 0 Å². The van der Waals surface area contributed by atoms with E-state index >= 15 is 0 Å². The zero-order valence-electron chi connectivity index (χ0n) is 11.0. The van der Waals surface area contributed by atoms with Gasteiger partial charge < -0.3 is 5.32 Å². The number of nitrogens with one attached hydrogen (secondary N) is 1. The number of nitrogens with zero attached hydrogens (tertiary/aromatic N) is 1. The Morgan fingerprint density at radius 2 is 1.85 bits per heavy atom. The number of anilines is 1. The number of hydrogen-bond acceptors (Lipinski definition) is 3. The average molecular weight is 274 g/mol. The summed E-state index contributed by atoms with van der Waals surface area (Å²) >= 11 is 0. The molecule has 0 fully saturated rings. The molecule has 0 heterocycles. The van der Waals surface area contributed by atoms with E-state index in [9.17, 15) is 14.5 Å². The summed E-state index contributed by atoms with van der Waals surface area (Å²) in [5, 5.41) is 13.8. The lowest BCUT2D eigenvalue weighted by Gasteiger charge is -2.19. The highest BCUT2D eigenvalue weighted by Crippen LogP contribution is 2.25. The maximum atomic E-state index is 13.8. The minimum absolute atomic E-state index is 0.0366. The lowest BCUT2D eigenvalue weighted by Crippen LogP contribution is -2.11. The monoisotopic (exact) mass is 274 g/mol. The first kappa shape index (κ1) is 14.0. The molecule has 2 aromatic rings. The highest BCUT2D eigenvalue weighted by molar-refractivity contribution is 5.50. The summed E-state index contributed by atoms with van der Waals surface area (Å²) in [6.45, 7) is 1.95. The molecule has 0 aromatic heterocycles. The molecule has 0 aliphatic carbocycles. The van der Waals surface area contributed by atoms with E-state index in [2.05, 4.69) is 5.32 Å². The second kappa shape index (κ2) is 6.14. The molecule has 0 spiro atoms. The van der Waals surface area contributed by atoms with Crippen LogP contribution < -0.4 is 5.32 Å². The number of halogens is 1. The Morgan fingerprint density at radius 1 is 1.20 bits per heavy atom. The standard InChI is InChI=1S/C15H15FN2O2/c1-2-15(13-5-3-4-6-14(13)16)17-11-7-9-12(10-8-11)18(19)20/h3-10,15,17H,2H2,1H3. The molecule has 1 N–H and O–H groups in total. The topological polar surface area (TPSA) is 55.2 Å². The van der Waals surface area contributed by atoms with Crippen molar-refractivity contribution in [3.05, 3.63) is 70.0 Å². The van der Waals surface area contributed by atoms with Gasteiger partial charge in [-0.1, -0.05) is 25.1 Å². The van der Waals surface area contributed by atoms with Crippen LogP contribution in [0.3, 0.4) is 0 Å². The summed E-state index contributed by atoms with van der Waals surface area (Å²) in [7, 11) is 0. The first-order valence-electron chi connectivity index (χ1n) is 6.37. The summed E-state index contributed by atoms with van der Waals surface area (Å²) in [5.74, 6) is -0.256. The van der Waals surface area contributed by atoms with Gasteiger partial charge in [0.25, 0.3) is 5.69 Å². The summed E-state index contributed by atoms with van der Waals surface area (Å²) in [5.41, 5.74) is 1.36. The van der Waals surface area contributed by atoms with Crippen molar-refractivity contribution in [2.75, 3.05) is 5.32 Å². The fourth-order valence-electron chi connectivity index (χ4n) is 2.04. The van der Waals surface area contributed by atoms with Crippen LogP contribution in [-0.4, -0.2) is 4.92 Å². The van der Waals surface area contributed by atoms with E-state index in [1.165, 1.54) is 18.2 Å². The smallest absolute Gasteiger partial charge is 0.269 e. The number of nitro groups is 1. The van der Waals surface area contributed by atoms with Gasteiger partial charge in [0.1, 0.15) is 5.82 Å². The van der Waals surface area contributed by atoms with Crippen LogP contribution in [0.25, 0.3) is 0 Å². The third-order valence-electron chi connectivity index (χ3n) is 3.11. The van der Waals surface area contributed by atoms with E-state index < -0.39 is 4.92 Å². The maximum absolute atomic E-state index is 13.8. The Kier molecular flexibility index (Phi) is 4.30. The van der Waals surface area contributed by atoms with Crippen molar-refractivity contribution in [2.24, 2.45) is 0 Å². The van der Waals surface area contributed by atoms with Crippen molar-refractivity contribution in [2.45, 2.75) is 19.4 Å². The molecule has 0 amide bonds. The fraction of sp³-hybridized carbons (Fsp3) is 0.200. The van der Waals surface area contributed by atoms with Gasteiger partial charge in [-0.25, -0.2) is 4.39 Å². The van der Waals surface area contributed by atoms with E-state index in [4.69, 9.17) is 0 Å². The summed E-state index contributed by atoms with van der Waals surface area (Å²) in [6.07, 6.45) is 0.706. The predicted octanol–water partition coefficient (Wildman–Crippen LogP) is 4.30. The minimum atomic E-state index is -0.446. The molecule has 0 saturated carbocycles. The normalized spacial score (nSPS) is 11.9. The molecule has 0 saturated heterocycles. The number of rotatable bonds is 5. The lowest BCUT2D eigenvalue weighted by molar-refractivity contribution is -0.384. The molecular weight excluding hydrogens is 259 g/mol. The third-order valence-corrected chi connectivity index (χ3v) is 3.11. The average Bonchev–Trinajstić information content (AvgIpc) is 2.46. The Bertz CT molecular complexity index is 599. The van der Waals surface area contributed by atoms with Crippen LogP contribution in [0.15, 0.2) is 48.5 Å². The second-order valence-electron chi connectivity index (χ2n) is 4.43. The molecule has 0 aliphatic rings. The van der Waals surface area contributed by atoms with Gasteiger partial charge in [-0.3, -0.25) is 10.1 Å². The SMILES string of the molecule is CCC(Nc1ccc([N+](=O)[O-])cc1)c1ccccc1F. The van der Waals surface area contributed by atoms with Crippen molar-refractivity contribution in [1.82, 2.24) is 0 Å². The van der Waals surface area contributed by atoms with Gasteiger partial charge in [0.05, 0.1) is 11.0 Å². The van der Waals surface area contributed by atoms with E-state index in [0.717, 1.165) is 5.69 Å². The van der Waals surface area contributed by atoms with Gasteiger partial charge in [-0.05, 0) is 24.6 Å². The van der Waals surface area contributed by atoms with Crippen LogP contribution in [0.4, 0.5) is 15.8 Å². The minimum Gasteiger partial charge on any atom is -0.378 e. The van der Waals surface area contributed by atoms with Crippen LogP contribution in [0.1, 0.15) is 24.9 Å². The van der Waals surface area contributed by atoms with Crippen molar-refractivity contribution in [1.29, 1.82) is 0 Å². The van der Waals surface area contributed by atoms with Gasteiger partial charge in [-0.2, -0.15) is 0 Å². The van der Waals surface area contributed by atoms with Gasteiger partial charge in [-0.15, -0.1) is 0 Å². The highest BCUT2D eigenvalue weighted by atomic mass is 19.1. The molecule has 20 heavy (non-hydrogen) atoms. The highest BCUT2D eigenvalue weighted by Gasteiger charge is 2.13. The molecule has 5 heteroatoms. The first-order valence-corrected chi connectivity index (χ1v) is 6.37. The van der Waals surface area contributed by atoms with Gasteiger partial charge in [0.2, 0.25) is 0 Å². The Balaban J connectivity index is 2.18. The molecule has 2 aromatic carbocycles. The van der Waals surface area contributed by atoms with Crippen molar-refractivity contribution in [3.63, 3.8) is 0 Å². The molecule has 1 atom stereocenters. The molecule has 4 nitrogen and oxygen atoms in total. The summed E-state index contributed by atoms with van der Waals surface area (Å²) < 4.78 is 13.8. The zero-order valence-corrected chi connectivity index (χ0v) is 11.0. The van der Waals surface area contributed by atoms with Crippen LogP contribution in [-0.2, 0) is 0 Å². The van der Waals surface area contributed by atoms with Crippen molar-refractivity contribution in [3.8, 4) is 0 Å². The van der Waals surface area contributed by atoms with Crippen LogP contribution >= 0.6 is 0 Å². The number of hydrogen-bond donors (Lipinski definition) is 1. The Labute approximate surface area is 116 Å². The molecule has 0 radical (unpaired) electrons. The molecule has 1 unspecified atom stereocenters. The molecule has 2 rings (SSSR count). The number of non-ortho nitro benzene ring substituents is 1. The zero-order chi connectivity index (χ0) is 14.5. The van der Waals surface area contributed by atoms with E-state index in [-0.39, 0.29) is 17.5 Å². The van der Waals surface area contributed by atoms with Gasteiger partial charge >= 0.3 is 0 Å². The Hall–Kier alpha value is -2.43. The third kappa shape index (κ3) is 3.12. The van der Waals surface area contributed by atoms with E-state index in [1.54, 1.807) is 30.3 Å². The Morgan fingerprint density at radius 3 is 2.40 bits per heavy atom. The van der Waals surface area contributed by atoms with E-state index in [1.807, 2.05) is 6.92 Å². The van der Waals surface area contributed by atoms with Gasteiger partial charge in [0.15, 0.2) is 0 Å². The molecular formula is C15H15FN2O2. The van der Waals surface area contributed by atoms with Crippen LogP contribution in [0.2, 0.25) is 0 Å². The van der Waals surface area contributed by atoms with E-state index in [0.29, 0.717) is 12.0 Å².